The van der Waals surface area contributed by atoms with Gasteiger partial charge in [-0.25, -0.2) is 4.98 Å². The molecule has 6 nitrogen and oxygen atoms in total. The highest BCUT2D eigenvalue weighted by atomic mass is 35.5. The van der Waals surface area contributed by atoms with E-state index in [4.69, 9.17) is 27.6 Å². The largest absolute Gasteiger partial charge is 0.459 e. The number of rotatable bonds is 6. The number of aromatic nitrogens is 1. The number of halogens is 2. The van der Waals surface area contributed by atoms with E-state index in [-0.39, 0.29) is 11.7 Å². The number of nitrogens with zero attached hydrogens (tertiary/aromatic N) is 2. The fraction of sp³-hybridized carbons (Fsp3) is 0. The monoisotopic (exact) mass is 456 g/mol. The zero-order valence-corrected chi connectivity index (χ0v) is 17.6. The van der Waals surface area contributed by atoms with Crippen LogP contribution in [0, 0.1) is 0 Å². The normalized spacial score (nSPS) is 11.0. The molecule has 0 aliphatic rings. The number of hydrazone groups is 1. The van der Waals surface area contributed by atoms with Gasteiger partial charge in [-0.3, -0.25) is 10.2 Å². The number of nitrogens with one attached hydrogen (secondary N) is 2. The van der Waals surface area contributed by atoms with E-state index in [2.05, 4.69) is 20.8 Å². The standard InChI is InChI=1S/C21H14Cl2N4O2S/c22-15-9-7-13(8-10-15)18-20(26-19(28)17-6-3-11-29-17)30-21(25-18)27-24-12-14-4-1-2-5-16(14)23/h1-12H,(H,25,27)(H,26,28)/b24-12+. The summed E-state index contributed by atoms with van der Waals surface area (Å²) in [6.07, 6.45) is 3.05. The van der Waals surface area contributed by atoms with Crippen LogP contribution >= 0.6 is 34.5 Å². The van der Waals surface area contributed by atoms with Crippen LogP contribution in [0.25, 0.3) is 11.3 Å². The van der Waals surface area contributed by atoms with E-state index < -0.39 is 0 Å². The Morgan fingerprint density at radius 2 is 1.87 bits per heavy atom. The molecule has 9 heteroatoms. The van der Waals surface area contributed by atoms with Crippen molar-refractivity contribution in [1.82, 2.24) is 4.98 Å². The van der Waals surface area contributed by atoms with E-state index in [1.165, 1.54) is 17.6 Å². The number of carbonyl (C=O) groups is 1. The fourth-order valence-corrected chi connectivity index (χ4v) is 3.71. The van der Waals surface area contributed by atoms with Gasteiger partial charge in [0, 0.05) is 21.2 Å². The molecule has 0 saturated heterocycles. The molecule has 0 aliphatic carbocycles. The van der Waals surface area contributed by atoms with Crippen molar-refractivity contribution in [2.75, 3.05) is 10.7 Å². The third-order valence-corrected chi connectivity index (χ3v) is 5.46. The molecule has 0 saturated carbocycles. The average Bonchev–Trinajstić information content (AvgIpc) is 3.41. The predicted octanol–water partition coefficient (Wildman–Crippen LogP) is 6.41. The van der Waals surface area contributed by atoms with E-state index in [9.17, 15) is 4.79 Å². The maximum absolute atomic E-state index is 12.4. The second-order valence-corrected chi connectivity index (χ2v) is 7.87. The Hall–Kier alpha value is -3.13. The second-order valence-electron chi connectivity index (χ2n) is 6.03. The minimum Gasteiger partial charge on any atom is -0.459 e. The predicted molar refractivity (Wildman–Crippen MR) is 122 cm³/mol. The minimum absolute atomic E-state index is 0.205. The summed E-state index contributed by atoms with van der Waals surface area (Å²) in [5, 5.41) is 9.29. The summed E-state index contributed by atoms with van der Waals surface area (Å²) in [4.78, 5) is 17.0. The third-order valence-electron chi connectivity index (χ3n) is 3.99. The van der Waals surface area contributed by atoms with Crippen LogP contribution in [0.3, 0.4) is 0 Å². The molecule has 0 atom stereocenters. The van der Waals surface area contributed by atoms with Crippen LogP contribution < -0.4 is 10.7 Å². The van der Waals surface area contributed by atoms with Crippen LogP contribution in [0.4, 0.5) is 10.1 Å². The first-order chi connectivity index (χ1) is 14.6. The van der Waals surface area contributed by atoms with Crippen molar-refractivity contribution in [2.45, 2.75) is 0 Å². The molecule has 0 fully saturated rings. The zero-order valence-electron chi connectivity index (χ0n) is 15.3. The lowest BCUT2D eigenvalue weighted by atomic mass is 10.1. The molecule has 0 radical (unpaired) electrons. The Kier molecular flexibility index (Phi) is 6.13. The van der Waals surface area contributed by atoms with Crippen molar-refractivity contribution in [3.05, 3.63) is 88.3 Å². The highest BCUT2D eigenvalue weighted by Crippen LogP contribution is 2.36. The van der Waals surface area contributed by atoms with Crippen molar-refractivity contribution in [1.29, 1.82) is 0 Å². The average molecular weight is 457 g/mol. The van der Waals surface area contributed by atoms with Gasteiger partial charge in [-0.1, -0.05) is 64.9 Å². The van der Waals surface area contributed by atoms with Crippen LogP contribution in [0.1, 0.15) is 16.1 Å². The Morgan fingerprint density at radius 3 is 2.60 bits per heavy atom. The summed E-state index contributed by atoms with van der Waals surface area (Å²) >= 11 is 13.4. The van der Waals surface area contributed by atoms with Gasteiger partial charge in [0.15, 0.2) is 5.76 Å². The molecule has 1 amide bonds. The maximum Gasteiger partial charge on any atom is 0.292 e. The number of anilines is 2. The van der Waals surface area contributed by atoms with Crippen molar-refractivity contribution >= 4 is 56.8 Å². The molecule has 2 aromatic carbocycles. The quantitative estimate of drug-likeness (QED) is 0.259. The van der Waals surface area contributed by atoms with Crippen molar-refractivity contribution in [2.24, 2.45) is 5.10 Å². The number of furan rings is 1. The fourth-order valence-electron chi connectivity index (χ4n) is 2.57. The number of hydrogen-bond acceptors (Lipinski definition) is 6. The van der Waals surface area contributed by atoms with Gasteiger partial charge in [-0.15, -0.1) is 0 Å². The van der Waals surface area contributed by atoms with E-state index in [1.54, 1.807) is 36.5 Å². The molecule has 150 valence electrons. The van der Waals surface area contributed by atoms with Crippen LogP contribution in [0.2, 0.25) is 10.0 Å². The lowest BCUT2D eigenvalue weighted by Gasteiger charge is -2.03. The van der Waals surface area contributed by atoms with Crippen LogP contribution in [-0.4, -0.2) is 17.1 Å². The van der Waals surface area contributed by atoms with E-state index >= 15 is 0 Å². The second kappa shape index (κ2) is 9.13. The molecule has 0 bridgehead atoms. The molecular weight excluding hydrogens is 443 g/mol. The molecule has 2 heterocycles. The lowest BCUT2D eigenvalue weighted by molar-refractivity contribution is 0.0997. The molecule has 0 aliphatic heterocycles. The highest BCUT2D eigenvalue weighted by molar-refractivity contribution is 7.20. The number of amides is 1. The smallest absolute Gasteiger partial charge is 0.292 e. The zero-order chi connectivity index (χ0) is 20.9. The van der Waals surface area contributed by atoms with E-state index in [0.717, 1.165) is 11.1 Å². The summed E-state index contributed by atoms with van der Waals surface area (Å²) < 4.78 is 5.16. The summed E-state index contributed by atoms with van der Waals surface area (Å²) in [5.41, 5.74) is 5.05. The number of benzene rings is 2. The topological polar surface area (TPSA) is 79.5 Å². The molecule has 4 aromatic rings. The first-order valence-corrected chi connectivity index (χ1v) is 10.3. The molecule has 2 aromatic heterocycles. The summed E-state index contributed by atoms with van der Waals surface area (Å²) in [7, 11) is 0. The van der Waals surface area contributed by atoms with E-state index in [0.29, 0.717) is 25.9 Å². The van der Waals surface area contributed by atoms with Crippen molar-refractivity contribution in [3.8, 4) is 11.3 Å². The third kappa shape index (κ3) is 4.71. The highest BCUT2D eigenvalue weighted by Gasteiger charge is 2.17. The van der Waals surface area contributed by atoms with Gasteiger partial charge in [-0.2, -0.15) is 5.10 Å². The molecule has 30 heavy (non-hydrogen) atoms. The van der Waals surface area contributed by atoms with Gasteiger partial charge in [-0.05, 0) is 30.3 Å². The van der Waals surface area contributed by atoms with Crippen LogP contribution in [0.15, 0.2) is 76.4 Å². The van der Waals surface area contributed by atoms with E-state index in [1.807, 2.05) is 30.3 Å². The van der Waals surface area contributed by atoms with Gasteiger partial charge >= 0.3 is 0 Å². The molecule has 2 N–H and O–H groups in total. The lowest BCUT2D eigenvalue weighted by Crippen LogP contribution is -2.10. The Labute approximate surface area is 186 Å². The van der Waals surface area contributed by atoms with Crippen LogP contribution in [-0.2, 0) is 0 Å². The van der Waals surface area contributed by atoms with Gasteiger partial charge in [0.1, 0.15) is 10.7 Å². The number of carbonyl (C=O) groups excluding carboxylic acids is 1. The van der Waals surface area contributed by atoms with Gasteiger partial charge in [0.2, 0.25) is 5.13 Å². The Bertz CT molecular complexity index is 1190. The Balaban J connectivity index is 1.60. The number of thiazole rings is 1. The molecular formula is C21H14Cl2N4O2S. The first kappa shape index (κ1) is 20.2. The Morgan fingerprint density at radius 1 is 1.07 bits per heavy atom. The van der Waals surface area contributed by atoms with Gasteiger partial charge in [0.05, 0.1) is 12.5 Å². The molecule has 0 spiro atoms. The molecule has 0 unspecified atom stereocenters. The van der Waals surface area contributed by atoms with Crippen molar-refractivity contribution < 1.29 is 9.21 Å². The minimum atomic E-state index is -0.370. The summed E-state index contributed by atoms with van der Waals surface area (Å²) in [6.45, 7) is 0. The maximum atomic E-state index is 12.4. The summed E-state index contributed by atoms with van der Waals surface area (Å²) in [5.74, 6) is -0.165. The number of hydrogen-bond donors (Lipinski definition) is 2. The van der Waals surface area contributed by atoms with Crippen molar-refractivity contribution in [3.63, 3.8) is 0 Å². The SMILES string of the molecule is O=C(Nc1sc(N/N=C/c2ccccc2Cl)nc1-c1ccc(Cl)cc1)c1ccco1. The summed E-state index contributed by atoms with van der Waals surface area (Å²) in [6, 6.07) is 17.8. The molecule has 4 rings (SSSR count). The van der Waals surface area contributed by atoms with Crippen LogP contribution in [0.5, 0.6) is 0 Å². The van der Waals surface area contributed by atoms with Gasteiger partial charge in [0.25, 0.3) is 5.91 Å². The first-order valence-electron chi connectivity index (χ1n) is 8.75. The van der Waals surface area contributed by atoms with Gasteiger partial charge < -0.3 is 9.73 Å².